The number of carbonyl (C=O) groups excluding carboxylic acids is 2. The topological polar surface area (TPSA) is 86.1 Å². The summed E-state index contributed by atoms with van der Waals surface area (Å²) >= 11 is 1.23. The predicted molar refractivity (Wildman–Crippen MR) is 116 cm³/mol. The molecule has 1 aromatic heterocycles. The van der Waals surface area contributed by atoms with Crippen LogP contribution in [-0.4, -0.2) is 41.0 Å². The van der Waals surface area contributed by atoms with E-state index >= 15 is 0 Å². The summed E-state index contributed by atoms with van der Waals surface area (Å²) in [4.78, 5) is 30.7. The number of rotatable bonds is 7. The third-order valence-electron chi connectivity index (χ3n) is 4.89. The van der Waals surface area contributed by atoms with Crippen molar-refractivity contribution in [3.8, 4) is 6.07 Å². The number of benzene rings is 1. The van der Waals surface area contributed by atoms with Gasteiger partial charge in [-0.15, -0.1) is 0 Å². The molecular formula is C22H26N4O2S. The number of thioether (sulfide) groups is 1. The Labute approximate surface area is 176 Å². The summed E-state index contributed by atoms with van der Waals surface area (Å²) in [7, 11) is 1.60. The van der Waals surface area contributed by atoms with Crippen LogP contribution in [0.15, 0.2) is 29.3 Å². The highest BCUT2D eigenvalue weighted by molar-refractivity contribution is 8.00. The molecular weight excluding hydrogens is 384 g/mol. The van der Waals surface area contributed by atoms with Crippen molar-refractivity contribution in [2.75, 3.05) is 24.7 Å². The van der Waals surface area contributed by atoms with Crippen LogP contribution in [0.3, 0.4) is 0 Å². The molecule has 0 aliphatic heterocycles. The summed E-state index contributed by atoms with van der Waals surface area (Å²) in [5.41, 5.74) is 5.03. The minimum atomic E-state index is -0.246. The quantitative estimate of drug-likeness (QED) is 0.705. The minimum Gasteiger partial charge on any atom is -0.336 e. The van der Waals surface area contributed by atoms with Gasteiger partial charge in [0.1, 0.15) is 11.1 Å². The second-order valence-corrected chi connectivity index (χ2v) is 7.80. The van der Waals surface area contributed by atoms with Gasteiger partial charge in [0.05, 0.1) is 17.9 Å². The maximum Gasteiger partial charge on any atom is 0.243 e. The van der Waals surface area contributed by atoms with Gasteiger partial charge in [-0.3, -0.25) is 9.59 Å². The molecule has 0 radical (unpaired) electrons. The van der Waals surface area contributed by atoms with Crippen molar-refractivity contribution in [1.29, 1.82) is 5.26 Å². The Balaban J connectivity index is 1.98. The first-order valence-electron chi connectivity index (χ1n) is 9.40. The lowest BCUT2D eigenvalue weighted by Gasteiger charge is -2.18. The molecule has 2 amide bonds. The molecule has 1 aromatic carbocycles. The van der Waals surface area contributed by atoms with Crippen LogP contribution < -0.4 is 5.32 Å². The van der Waals surface area contributed by atoms with Crippen LogP contribution in [0.1, 0.15) is 34.9 Å². The van der Waals surface area contributed by atoms with E-state index < -0.39 is 0 Å². The van der Waals surface area contributed by atoms with Gasteiger partial charge in [0, 0.05) is 18.4 Å². The molecule has 0 aliphatic carbocycles. The molecule has 0 fully saturated rings. The number of nitriles is 1. The van der Waals surface area contributed by atoms with E-state index in [9.17, 15) is 14.9 Å². The molecule has 1 heterocycles. The lowest BCUT2D eigenvalue weighted by Crippen LogP contribution is -2.36. The SMILES string of the molecule is CCc1ccccc1NC(=O)CN(C)C(=O)CSc1nc(C)c(C)c(C)c1C#N. The molecule has 6 nitrogen and oxygen atoms in total. The lowest BCUT2D eigenvalue weighted by molar-refractivity contribution is -0.131. The summed E-state index contributed by atoms with van der Waals surface area (Å²) in [6.45, 7) is 7.69. The Morgan fingerprint density at radius 2 is 1.90 bits per heavy atom. The van der Waals surface area contributed by atoms with Gasteiger partial charge >= 0.3 is 0 Å². The lowest BCUT2D eigenvalue weighted by atomic mass is 10.1. The number of nitrogens with one attached hydrogen (secondary N) is 1. The first-order valence-corrected chi connectivity index (χ1v) is 10.4. The van der Waals surface area contributed by atoms with Crippen molar-refractivity contribution in [3.63, 3.8) is 0 Å². The molecule has 0 aliphatic rings. The molecule has 0 unspecified atom stereocenters. The number of carbonyl (C=O) groups is 2. The van der Waals surface area contributed by atoms with Crippen LogP contribution in [0, 0.1) is 32.1 Å². The fraction of sp³-hybridized carbons (Fsp3) is 0.364. The standard InChI is InChI=1S/C22H26N4O2S/c1-6-17-9-7-8-10-19(17)25-20(27)12-26(5)21(28)13-29-22-18(11-23)15(3)14(2)16(4)24-22/h7-10H,6,12-13H2,1-5H3,(H,25,27). The van der Waals surface area contributed by atoms with Gasteiger partial charge in [0.15, 0.2) is 0 Å². The third-order valence-corrected chi connectivity index (χ3v) is 5.85. The Hall–Kier alpha value is -2.85. The summed E-state index contributed by atoms with van der Waals surface area (Å²) in [5, 5.41) is 12.9. The fourth-order valence-corrected chi connectivity index (χ4v) is 3.86. The minimum absolute atomic E-state index is 0.0398. The number of anilines is 1. The normalized spacial score (nSPS) is 10.3. The molecule has 0 spiro atoms. The molecule has 7 heteroatoms. The maximum absolute atomic E-state index is 12.5. The number of hydrogen-bond donors (Lipinski definition) is 1. The highest BCUT2D eigenvalue weighted by atomic mass is 32.2. The zero-order valence-corrected chi connectivity index (χ0v) is 18.3. The molecule has 0 atom stereocenters. The van der Waals surface area contributed by atoms with E-state index in [1.165, 1.54) is 16.7 Å². The van der Waals surface area contributed by atoms with Crippen LogP contribution in [0.5, 0.6) is 0 Å². The van der Waals surface area contributed by atoms with Gasteiger partial charge in [-0.05, 0) is 49.9 Å². The van der Waals surface area contributed by atoms with Crippen LogP contribution in [0.2, 0.25) is 0 Å². The van der Waals surface area contributed by atoms with Crippen LogP contribution in [-0.2, 0) is 16.0 Å². The van der Waals surface area contributed by atoms with E-state index in [1.807, 2.05) is 52.0 Å². The monoisotopic (exact) mass is 410 g/mol. The molecule has 0 saturated carbocycles. The number of hydrogen-bond acceptors (Lipinski definition) is 5. The van der Waals surface area contributed by atoms with Crippen molar-refractivity contribution in [3.05, 3.63) is 52.2 Å². The average Bonchev–Trinajstić information content (AvgIpc) is 2.70. The highest BCUT2D eigenvalue weighted by Crippen LogP contribution is 2.26. The van der Waals surface area contributed by atoms with Gasteiger partial charge in [0.2, 0.25) is 11.8 Å². The van der Waals surface area contributed by atoms with Gasteiger partial charge < -0.3 is 10.2 Å². The highest BCUT2D eigenvalue weighted by Gasteiger charge is 2.17. The smallest absolute Gasteiger partial charge is 0.243 e. The molecule has 0 bridgehead atoms. The van der Waals surface area contributed by atoms with Crippen molar-refractivity contribution < 1.29 is 9.59 Å². The van der Waals surface area contributed by atoms with Gasteiger partial charge in [0.25, 0.3) is 0 Å². The van der Waals surface area contributed by atoms with Crippen LogP contribution >= 0.6 is 11.8 Å². The second-order valence-electron chi connectivity index (χ2n) is 6.84. The second kappa shape index (κ2) is 10.1. The Morgan fingerprint density at radius 3 is 2.55 bits per heavy atom. The Morgan fingerprint density at radius 1 is 1.21 bits per heavy atom. The van der Waals surface area contributed by atoms with Crippen LogP contribution in [0.4, 0.5) is 5.69 Å². The van der Waals surface area contributed by atoms with Gasteiger partial charge in [-0.25, -0.2) is 4.98 Å². The molecule has 152 valence electrons. The van der Waals surface area contributed by atoms with Gasteiger partial charge in [-0.2, -0.15) is 5.26 Å². The number of amides is 2. The first kappa shape index (κ1) is 22.4. The number of pyridine rings is 1. The maximum atomic E-state index is 12.5. The molecule has 2 aromatic rings. The van der Waals surface area contributed by atoms with Crippen molar-refractivity contribution in [1.82, 2.24) is 9.88 Å². The van der Waals surface area contributed by atoms with Crippen molar-refractivity contribution in [2.24, 2.45) is 0 Å². The number of para-hydroxylation sites is 1. The van der Waals surface area contributed by atoms with E-state index in [2.05, 4.69) is 16.4 Å². The Kier molecular flexibility index (Phi) is 7.80. The number of aryl methyl sites for hydroxylation is 2. The zero-order chi connectivity index (χ0) is 21.6. The number of nitrogens with zero attached hydrogens (tertiary/aromatic N) is 3. The average molecular weight is 411 g/mol. The van der Waals surface area contributed by atoms with Gasteiger partial charge in [-0.1, -0.05) is 36.9 Å². The summed E-state index contributed by atoms with van der Waals surface area (Å²) in [6, 6.07) is 9.80. The zero-order valence-electron chi connectivity index (χ0n) is 17.5. The van der Waals surface area contributed by atoms with E-state index in [-0.39, 0.29) is 24.1 Å². The van der Waals surface area contributed by atoms with Crippen molar-refractivity contribution in [2.45, 2.75) is 39.1 Å². The van der Waals surface area contributed by atoms with E-state index in [1.54, 1.807) is 7.05 Å². The number of aromatic nitrogens is 1. The molecule has 0 saturated heterocycles. The molecule has 29 heavy (non-hydrogen) atoms. The Bertz CT molecular complexity index is 966. The third kappa shape index (κ3) is 5.58. The van der Waals surface area contributed by atoms with E-state index in [0.29, 0.717) is 10.6 Å². The molecule has 1 N–H and O–H groups in total. The largest absolute Gasteiger partial charge is 0.336 e. The summed E-state index contributed by atoms with van der Waals surface area (Å²) in [6.07, 6.45) is 0.811. The summed E-state index contributed by atoms with van der Waals surface area (Å²) < 4.78 is 0. The van der Waals surface area contributed by atoms with Crippen LogP contribution in [0.25, 0.3) is 0 Å². The first-order chi connectivity index (χ1) is 13.8. The number of likely N-dealkylation sites (N-methyl/N-ethyl adjacent to an activating group) is 1. The predicted octanol–water partition coefficient (Wildman–Crippen LogP) is 3.63. The summed E-state index contributed by atoms with van der Waals surface area (Å²) in [5.74, 6) is -0.334. The fourth-order valence-electron chi connectivity index (χ4n) is 2.83. The van der Waals surface area contributed by atoms with E-state index in [0.717, 1.165) is 34.5 Å². The molecule has 2 rings (SSSR count). The van der Waals surface area contributed by atoms with E-state index in [4.69, 9.17) is 0 Å². The van der Waals surface area contributed by atoms with Crippen molar-refractivity contribution >= 4 is 29.3 Å².